The third-order valence-electron chi connectivity index (χ3n) is 5.53. The summed E-state index contributed by atoms with van der Waals surface area (Å²) in [5, 5.41) is 3.43. The fourth-order valence-corrected chi connectivity index (χ4v) is 4.11. The molecule has 2 aromatic rings. The molecule has 0 aromatic carbocycles. The van der Waals surface area contributed by atoms with Gasteiger partial charge in [-0.25, -0.2) is 0 Å². The molecule has 0 aliphatic carbocycles. The van der Waals surface area contributed by atoms with Gasteiger partial charge >= 0.3 is 0 Å². The number of nitrogens with one attached hydrogen (secondary N) is 1. The molecule has 2 aliphatic heterocycles. The van der Waals surface area contributed by atoms with Crippen molar-refractivity contribution in [1.29, 1.82) is 0 Å². The molecule has 0 radical (unpaired) electrons. The number of aromatic nitrogens is 2. The number of hydrogen-bond donors (Lipinski definition) is 1. The monoisotopic (exact) mass is 324 g/mol. The molecule has 0 spiro atoms. The van der Waals surface area contributed by atoms with Gasteiger partial charge in [0.2, 0.25) is 0 Å². The van der Waals surface area contributed by atoms with Crippen LogP contribution in [0.1, 0.15) is 27.4 Å². The molecule has 1 amide bonds. The fourth-order valence-electron chi connectivity index (χ4n) is 4.11. The Labute approximate surface area is 142 Å². The van der Waals surface area contributed by atoms with E-state index in [2.05, 4.69) is 21.8 Å². The standard InChI is InChI=1S/C19H24N4O/c1-13-7-18(14(2)23(13)12-17-5-3-4-6-21-17)19(24)22-10-15-8-20-9-16(15)11-22/h3-7,15-16,20H,8-12H2,1-2H3/t15-,16+. The van der Waals surface area contributed by atoms with Gasteiger partial charge in [-0.2, -0.15) is 0 Å². The molecule has 0 bridgehead atoms. The molecule has 2 saturated heterocycles. The summed E-state index contributed by atoms with van der Waals surface area (Å²) in [5.41, 5.74) is 4.01. The minimum Gasteiger partial charge on any atom is -0.342 e. The third-order valence-corrected chi connectivity index (χ3v) is 5.53. The largest absolute Gasteiger partial charge is 0.342 e. The molecule has 24 heavy (non-hydrogen) atoms. The summed E-state index contributed by atoms with van der Waals surface area (Å²) < 4.78 is 2.19. The van der Waals surface area contributed by atoms with Crippen molar-refractivity contribution in [3.8, 4) is 0 Å². The average molecular weight is 324 g/mol. The number of hydrogen-bond acceptors (Lipinski definition) is 3. The number of aryl methyl sites for hydroxylation is 1. The molecule has 2 aromatic heterocycles. The fraction of sp³-hybridized carbons (Fsp3) is 0.474. The van der Waals surface area contributed by atoms with E-state index >= 15 is 0 Å². The van der Waals surface area contributed by atoms with Crippen LogP contribution in [0.3, 0.4) is 0 Å². The third kappa shape index (κ3) is 2.63. The van der Waals surface area contributed by atoms with Crippen LogP contribution < -0.4 is 5.32 Å². The van der Waals surface area contributed by atoms with Crippen LogP contribution in [0.25, 0.3) is 0 Å². The van der Waals surface area contributed by atoms with E-state index in [1.54, 1.807) is 0 Å². The second kappa shape index (κ2) is 6.06. The zero-order chi connectivity index (χ0) is 16.7. The highest BCUT2D eigenvalue weighted by Crippen LogP contribution is 2.28. The van der Waals surface area contributed by atoms with Crippen LogP contribution in [0.4, 0.5) is 0 Å². The zero-order valence-corrected chi connectivity index (χ0v) is 14.3. The van der Waals surface area contributed by atoms with Crippen molar-refractivity contribution in [2.45, 2.75) is 20.4 Å². The number of rotatable bonds is 3. The Kier molecular flexibility index (Phi) is 3.88. The van der Waals surface area contributed by atoms with Crippen molar-refractivity contribution < 1.29 is 4.79 Å². The molecular formula is C19H24N4O. The van der Waals surface area contributed by atoms with E-state index in [4.69, 9.17) is 0 Å². The van der Waals surface area contributed by atoms with Crippen LogP contribution in [-0.4, -0.2) is 46.5 Å². The van der Waals surface area contributed by atoms with Gasteiger partial charge in [0.1, 0.15) is 0 Å². The summed E-state index contributed by atoms with van der Waals surface area (Å²) in [4.78, 5) is 19.4. The summed E-state index contributed by atoms with van der Waals surface area (Å²) in [6.45, 7) is 8.69. The van der Waals surface area contributed by atoms with Gasteiger partial charge in [0.15, 0.2) is 0 Å². The van der Waals surface area contributed by atoms with Crippen LogP contribution in [-0.2, 0) is 6.54 Å². The highest BCUT2D eigenvalue weighted by Gasteiger charge is 2.38. The molecular weight excluding hydrogens is 300 g/mol. The Morgan fingerprint density at radius 1 is 1.25 bits per heavy atom. The van der Waals surface area contributed by atoms with E-state index in [-0.39, 0.29) is 5.91 Å². The molecule has 5 nitrogen and oxygen atoms in total. The maximum Gasteiger partial charge on any atom is 0.255 e. The quantitative estimate of drug-likeness (QED) is 0.937. The smallest absolute Gasteiger partial charge is 0.255 e. The lowest BCUT2D eigenvalue weighted by Gasteiger charge is -2.17. The molecule has 2 atom stereocenters. The predicted molar refractivity (Wildman–Crippen MR) is 93.0 cm³/mol. The normalized spacial score (nSPS) is 22.8. The molecule has 4 heterocycles. The molecule has 0 saturated carbocycles. The minimum absolute atomic E-state index is 0.185. The lowest BCUT2D eigenvalue weighted by Crippen LogP contribution is -2.32. The number of carbonyl (C=O) groups is 1. The van der Waals surface area contributed by atoms with Crippen LogP contribution >= 0.6 is 0 Å². The first-order chi connectivity index (χ1) is 11.6. The molecule has 1 N–H and O–H groups in total. The summed E-state index contributed by atoms with van der Waals surface area (Å²) >= 11 is 0. The van der Waals surface area contributed by atoms with E-state index in [9.17, 15) is 4.79 Å². The highest BCUT2D eigenvalue weighted by atomic mass is 16.2. The number of nitrogens with zero attached hydrogens (tertiary/aromatic N) is 3. The highest BCUT2D eigenvalue weighted by molar-refractivity contribution is 5.96. The number of amides is 1. The number of fused-ring (bicyclic) bond motifs is 1. The maximum absolute atomic E-state index is 13.0. The van der Waals surface area contributed by atoms with Crippen molar-refractivity contribution in [1.82, 2.24) is 19.8 Å². The van der Waals surface area contributed by atoms with Gasteiger partial charge in [-0.3, -0.25) is 9.78 Å². The number of carbonyl (C=O) groups excluding carboxylic acids is 1. The van der Waals surface area contributed by atoms with Crippen LogP contribution in [0.5, 0.6) is 0 Å². The van der Waals surface area contributed by atoms with Gasteiger partial charge in [0, 0.05) is 43.8 Å². The van der Waals surface area contributed by atoms with Gasteiger partial charge in [-0.1, -0.05) is 6.07 Å². The van der Waals surface area contributed by atoms with Gasteiger partial charge in [-0.15, -0.1) is 0 Å². The molecule has 2 fully saturated rings. The van der Waals surface area contributed by atoms with Gasteiger partial charge < -0.3 is 14.8 Å². The Hall–Kier alpha value is -2.14. The minimum atomic E-state index is 0.185. The van der Waals surface area contributed by atoms with Crippen LogP contribution in [0.15, 0.2) is 30.5 Å². The first-order valence-corrected chi connectivity index (χ1v) is 8.70. The van der Waals surface area contributed by atoms with Crippen LogP contribution in [0.2, 0.25) is 0 Å². The van der Waals surface area contributed by atoms with Crippen molar-refractivity contribution in [2.24, 2.45) is 11.8 Å². The van der Waals surface area contributed by atoms with Gasteiger partial charge in [0.25, 0.3) is 5.91 Å². The summed E-state index contributed by atoms with van der Waals surface area (Å²) in [6.07, 6.45) is 1.81. The number of likely N-dealkylation sites (tertiary alicyclic amines) is 1. The van der Waals surface area contributed by atoms with E-state index in [1.165, 1.54) is 0 Å². The van der Waals surface area contributed by atoms with Crippen molar-refractivity contribution in [3.05, 3.63) is 53.1 Å². The number of pyridine rings is 1. The Bertz CT molecular complexity index is 740. The van der Waals surface area contributed by atoms with Gasteiger partial charge in [-0.05, 0) is 43.9 Å². The first-order valence-electron chi connectivity index (χ1n) is 8.70. The van der Waals surface area contributed by atoms with E-state index in [0.717, 1.165) is 48.8 Å². The Morgan fingerprint density at radius 3 is 2.67 bits per heavy atom. The Morgan fingerprint density at radius 2 is 2.00 bits per heavy atom. The molecule has 4 rings (SSSR count). The molecule has 5 heteroatoms. The van der Waals surface area contributed by atoms with Crippen LogP contribution in [0, 0.1) is 25.7 Å². The molecule has 126 valence electrons. The molecule has 2 aliphatic rings. The Balaban J connectivity index is 1.56. The second-order valence-corrected chi connectivity index (χ2v) is 7.08. The summed E-state index contributed by atoms with van der Waals surface area (Å²) in [6, 6.07) is 7.98. The topological polar surface area (TPSA) is 50.2 Å². The van der Waals surface area contributed by atoms with E-state index < -0.39 is 0 Å². The van der Waals surface area contributed by atoms with Gasteiger partial charge in [0.05, 0.1) is 17.8 Å². The molecule has 0 unspecified atom stereocenters. The second-order valence-electron chi connectivity index (χ2n) is 7.08. The predicted octanol–water partition coefficient (Wildman–Crippen LogP) is 1.84. The van der Waals surface area contributed by atoms with E-state index in [0.29, 0.717) is 18.4 Å². The summed E-state index contributed by atoms with van der Waals surface area (Å²) in [5.74, 6) is 1.45. The van der Waals surface area contributed by atoms with Crippen molar-refractivity contribution in [2.75, 3.05) is 26.2 Å². The SMILES string of the molecule is Cc1cc(C(=O)N2C[C@H]3CNC[C@H]3C2)c(C)n1Cc1ccccn1. The van der Waals surface area contributed by atoms with Crippen molar-refractivity contribution in [3.63, 3.8) is 0 Å². The maximum atomic E-state index is 13.0. The lowest BCUT2D eigenvalue weighted by atomic mass is 10.0. The first kappa shape index (κ1) is 15.4. The van der Waals surface area contributed by atoms with E-state index in [1.807, 2.05) is 42.3 Å². The zero-order valence-electron chi connectivity index (χ0n) is 14.3. The van der Waals surface area contributed by atoms with Crippen molar-refractivity contribution >= 4 is 5.91 Å². The average Bonchev–Trinajstić information content (AvgIpc) is 3.25. The summed E-state index contributed by atoms with van der Waals surface area (Å²) in [7, 11) is 0. The lowest BCUT2D eigenvalue weighted by molar-refractivity contribution is 0.0781.